The zero-order valence-electron chi connectivity index (χ0n) is 17.0. The third-order valence-corrected chi connectivity index (χ3v) is 5.60. The van der Waals surface area contributed by atoms with Crippen LogP contribution in [-0.4, -0.2) is 47.7 Å². The lowest BCUT2D eigenvalue weighted by molar-refractivity contribution is 0.0987. The van der Waals surface area contributed by atoms with Crippen molar-refractivity contribution in [2.75, 3.05) is 38.3 Å². The highest BCUT2D eigenvalue weighted by atomic mass is 32.2. The van der Waals surface area contributed by atoms with Gasteiger partial charge in [0.05, 0.1) is 30.6 Å². The second kappa shape index (κ2) is 11.3. The van der Waals surface area contributed by atoms with Gasteiger partial charge in [-0.2, -0.15) is 5.26 Å². The van der Waals surface area contributed by atoms with Crippen LogP contribution in [0, 0.1) is 11.3 Å². The average Bonchev–Trinajstić information content (AvgIpc) is 2.75. The number of amides is 1. The van der Waals surface area contributed by atoms with Gasteiger partial charge in [0.2, 0.25) is 10.0 Å². The zero-order chi connectivity index (χ0) is 22.0. The normalized spacial score (nSPS) is 11.0. The molecule has 0 radical (unpaired) electrons. The quantitative estimate of drug-likeness (QED) is 0.548. The predicted octanol–water partition coefficient (Wildman–Crippen LogP) is 2.57. The topological polar surface area (TPSA) is 109 Å². The maximum Gasteiger partial charge on any atom is 0.258 e. The van der Waals surface area contributed by atoms with Gasteiger partial charge in [0.25, 0.3) is 5.91 Å². The molecule has 0 saturated carbocycles. The summed E-state index contributed by atoms with van der Waals surface area (Å²) < 4.78 is 37.6. The van der Waals surface area contributed by atoms with Gasteiger partial charge in [-0.25, -0.2) is 13.1 Å². The van der Waals surface area contributed by atoms with Crippen LogP contribution >= 0.6 is 0 Å². The van der Waals surface area contributed by atoms with Crippen LogP contribution in [0.1, 0.15) is 23.7 Å². The van der Waals surface area contributed by atoms with Gasteiger partial charge < -0.3 is 14.4 Å². The molecular formula is C21H25N3O5S. The molecule has 0 aliphatic rings. The van der Waals surface area contributed by atoms with Crippen LogP contribution in [0.2, 0.25) is 0 Å². The summed E-state index contributed by atoms with van der Waals surface area (Å²) in [5, 5.41) is 8.98. The summed E-state index contributed by atoms with van der Waals surface area (Å²) in [7, 11) is -2.30. The van der Waals surface area contributed by atoms with Gasteiger partial charge >= 0.3 is 0 Å². The minimum atomic E-state index is -3.78. The Labute approximate surface area is 177 Å². The van der Waals surface area contributed by atoms with Gasteiger partial charge in [0.15, 0.2) is 0 Å². The Morgan fingerprint density at radius 1 is 1.20 bits per heavy atom. The number of anilines is 1. The van der Waals surface area contributed by atoms with Crippen LogP contribution in [0.5, 0.6) is 5.75 Å². The number of nitriles is 1. The zero-order valence-corrected chi connectivity index (χ0v) is 17.8. The fourth-order valence-electron chi connectivity index (χ4n) is 2.71. The van der Waals surface area contributed by atoms with Crippen molar-refractivity contribution in [2.24, 2.45) is 0 Å². The first-order chi connectivity index (χ1) is 14.4. The number of rotatable bonds is 11. The Kier molecular flexibility index (Phi) is 8.80. The largest absolute Gasteiger partial charge is 0.494 e. The number of hydrogen-bond acceptors (Lipinski definition) is 6. The smallest absolute Gasteiger partial charge is 0.258 e. The Morgan fingerprint density at radius 2 is 1.93 bits per heavy atom. The third-order valence-electron chi connectivity index (χ3n) is 4.14. The molecule has 30 heavy (non-hydrogen) atoms. The molecule has 160 valence electrons. The molecular weight excluding hydrogens is 406 g/mol. The summed E-state index contributed by atoms with van der Waals surface area (Å²) in [6.07, 6.45) is 0.134. The van der Waals surface area contributed by atoms with Crippen LogP contribution in [0.3, 0.4) is 0 Å². The van der Waals surface area contributed by atoms with Crippen molar-refractivity contribution < 1.29 is 22.7 Å². The summed E-state index contributed by atoms with van der Waals surface area (Å²) in [5.41, 5.74) is 0.793. The molecule has 0 atom stereocenters. The van der Waals surface area contributed by atoms with E-state index in [-0.39, 0.29) is 36.6 Å². The van der Waals surface area contributed by atoms with E-state index in [0.29, 0.717) is 18.0 Å². The van der Waals surface area contributed by atoms with Crippen LogP contribution < -0.4 is 14.4 Å². The first kappa shape index (κ1) is 23.3. The van der Waals surface area contributed by atoms with Gasteiger partial charge in [-0.05, 0) is 49.4 Å². The molecule has 1 N–H and O–H groups in total. The molecule has 0 saturated heterocycles. The monoisotopic (exact) mass is 431 g/mol. The Hall–Kier alpha value is -2.93. The van der Waals surface area contributed by atoms with Gasteiger partial charge in [0, 0.05) is 31.5 Å². The molecule has 0 heterocycles. The molecule has 0 unspecified atom stereocenters. The summed E-state index contributed by atoms with van der Waals surface area (Å²) >= 11 is 0. The van der Waals surface area contributed by atoms with Crippen molar-refractivity contribution >= 4 is 21.6 Å². The second-order valence-corrected chi connectivity index (χ2v) is 7.98. The molecule has 2 rings (SSSR count). The number of methoxy groups -OCH3 is 1. The minimum absolute atomic E-state index is 0.0172. The highest BCUT2D eigenvalue weighted by molar-refractivity contribution is 7.89. The van der Waals surface area contributed by atoms with E-state index in [4.69, 9.17) is 14.7 Å². The highest BCUT2D eigenvalue weighted by Gasteiger charge is 2.21. The third kappa shape index (κ3) is 6.29. The Morgan fingerprint density at radius 3 is 2.57 bits per heavy atom. The van der Waals surface area contributed by atoms with E-state index in [0.717, 1.165) is 0 Å². The molecule has 0 spiro atoms. The second-order valence-electron chi connectivity index (χ2n) is 6.21. The molecule has 8 nitrogen and oxygen atoms in total. The number of carbonyl (C=O) groups excluding carboxylic acids is 1. The molecule has 2 aromatic carbocycles. The van der Waals surface area contributed by atoms with Gasteiger partial charge in [0.1, 0.15) is 5.75 Å². The number of sulfonamides is 1. The van der Waals surface area contributed by atoms with E-state index in [1.165, 1.54) is 30.2 Å². The summed E-state index contributed by atoms with van der Waals surface area (Å²) in [6.45, 7) is 2.93. The summed E-state index contributed by atoms with van der Waals surface area (Å²) in [5.74, 6) is 0.271. The highest BCUT2D eigenvalue weighted by Crippen LogP contribution is 2.22. The molecule has 0 aliphatic carbocycles. The lowest BCUT2D eigenvalue weighted by atomic mass is 10.1. The molecule has 9 heteroatoms. The van der Waals surface area contributed by atoms with Crippen molar-refractivity contribution in [2.45, 2.75) is 18.2 Å². The van der Waals surface area contributed by atoms with Crippen molar-refractivity contribution in [1.82, 2.24) is 4.72 Å². The Balaban J connectivity index is 2.30. The number of ether oxygens (including phenoxy) is 2. The fraction of sp³-hybridized carbons (Fsp3) is 0.333. The summed E-state index contributed by atoms with van der Waals surface area (Å²) in [4.78, 5) is 14.6. The maximum absolute atomic E-state index is 13.2. The van der Waals surface area contributed by atoms with Crippen molar-refractivity contribution in [3.63, 3.8) is 0 Å². The van der Waals surface area contributed by atoms with Crippen LogP contribution in [-0.2, 0) is 14.8 Å². The maximum atomic E-state index is 13.2. The van der Waals surface area contributed by atoms with Crippen molar-refractivity contribution in [1.29, 1.82) is 5.26 Å². The van der Waals surface area contributed by atoms with Gasteiger partial charge in [-0.15, -0.1) is 0 Å². The first-order valence-electron chi connectivity index (χ1n) is 9.43. The lowest BCUT2D eigenvalue weighted by Crippen LogP contribution is -2.32. The Bertz CT molecular complexity index is 984. The summed E-state index contributed by atoms with van der Waals surface area (Å²) in [6, 6.07) is 14.8. The molecule has 0 fully saturated rings. The number of nitrogens with zero attached hydrogens (tertiary/aromatic N) is 2. The number of benzene rings is 2. The van der Waals surface area contributed by atoms with E-state index in [2.05, 4.69) is 4.72 Å². The first-order valence-corrected chi connectivity index (χ1v) is 10.9. The lowest BCUT2D eigenvalue weighted by Gasteiger charge is -2.22. The van der Waals surface area contributed by atoms with Crippen molar-refractivity contribution in [3.05, 3.63) is 54.1 Å². The fourth-order valence-corrected chi connectivity index (χ4v) is 3.77. The molecule has 0 aliphatic heterocycles. The van der Waals surface area contributed by atoms with E-state index in [9.17, 15) is 13.2 Å². The van der Waals surface area contributed by atoms with Crippen LogP contribution in [0.4, 0.5) is 5.69 Å². The van der Waals surface area contributed by atoms with Gasteiger partial charge in [-0.3, -0.25) is 4.79 Å². The van der Waals surface area contributed by atoms with Gasteiger partial charge in [-0.1, -0.05) is 6.07 Å². The van der Waals surface area contributed by atoms with E-state index in [1.807, 2.05) is 13.0 Å². The standard InChI is InChI=1S/C21H25N3O5S/c1-3-29-19-10-8-18(9-11-19)24(14-5-12-22)21(25)17-6-4-7-20(16-17)30(26,27)23-13-15-28-2/h4,6-11,16,23H,3,5,13-15H2,1-2H3. The minimum Gasteiger partial charge on any atom is -0.494 e. The van der Waals surface area contributed by atoms with Crippen molar-refractivity contribution in [3.8, 4) is 11.8 Å². The van der Waals surface area contributed by atoms with Crippen LogP contribution in [0.25, 0.3) is 0 Å². The number of carbonyl (C=O) groups is 1. The molecule has 0 bridgehead atoms. The van der Waals surface area contributed by atoms with E-state index in [1.54, 1.807) is 30.3 Å². The predicted molar refractivity (Wildman–Crippen MR) is 113 cm³/mol. The number of nitrogens with one attached hydrogen (secondary N) is 1. The molecule has 2 aromatic rings. The van der Waals surface area contributed by atoms with Crippen LogP contribution in [0.15, 0.2) is 53.4 Å². The number of hydrogen-bond donors (Lipinski definition) is 1. The van der Waals surface area contributed by atoms with E-state index >= 15 is 0 Å². The SMILES string of the molecule is CCOc1ccc(N(CCC#N)C(=O)c2cccc(S(=O)(=O)NCCOC)c2)cc1. The van der Waals surface area contributed by atoms with E-state index < -0.39 is 15.9 Å². The molecule has 1 amide bonds. The molecule has 0 aromatic heterocycles. The average molecular weight is 432 g/mol.